The zero-order chi connectivity index (χ0) is 25.9. The van der Waals surface area contributed by atoms with E-state index in [1.807, 2.05) is 19.1 Å². The summed E-state index contributed by atoms with van der Waals surface area (Å²) in [7, 11) is 0. The summed E-state index contributed by atoms with van der Waals surface area (Å²) in [5, 5.41) is 12.6. The summed E-state index contributed by atoms with van der Waals surface area (Å²) < 4.78 is 14.7. The van der Waals surface area contributed by atoms with Crippen LogP contribution in [0.1, 0.15) is 59.1 Å². The fourth-order valence-electron chi connectivity index (χ4n) is 4.60. The first kappa shape index (κ1) is 25.2. The second-order valence-corrected chi connectivity index (χ2v) is 10.7. The maximum atomic E-state index is 14.7. The molecule has 37 heavy (non-hydrogen) atoms. The quantitative estimate of drug-likeness (QED) is 0.205. The molecule has 5 rings (SSSR count). The Bertz CT molecular complexity index is 1370. The van der Waals surface area contributed by atoms with E-state index in [0.717, 1.165) is 50.6 Å². The highest BCUT2D eigenvalue weighted by Gasteiger charge is 2.26. The van der Waals surface area contributed by atoms with Gasteiger partial charge in [0.15, 0.2) is 0 Å². The summed E-state index contributed by atoms with van der Waals surface area (Å²) in [5.41, 5.74) is 6.02. The first-order valence-electron chi connectivity index (χ1n) is 12.7. The number of benzene rings is 1. The average molecular weight is 523 g/mol. The largest absolute Gasteiger partial charge is 0.374 e. The van der Waals surface area contributed by atoms with Gasteiger partial charge in [0.05, 0.1) is 16.3 Å². The van der Waals surface area contributed by atoms with E-state index in [1.165, 1.54) is 33.9 Å². The van der Waals surface area contributed by atoms with Gasteiger partial charge in [-0.05, 0) is 92.8 Å². The van der Waals surface area contributed by atoms with Gasteiger partial charge >= 0.3 is 0 Å². The normalized spacial score (nSPS) is 16.1. The summed E-state index contributed by atoms with van der Waals surface area (Å²) in [5.74, 6) is 5.25. The number of fused-ring (bicyclic) bond motifs is 1. The van der Waals surface area contributed by atoms with E-state index < -0.39 is 5.82 Å². The number of thiophene rings is 1. The van der Waals surface area contributed by atoms with Crippen LogP contribution in [0.5, 0.6) is 0 Å². The van der Waals surface area contributed by atoms with Gasteiger partial charge < -0.3 is 16.1 Å². The Kier molecular flexibility index (Phi) is 7.38. The smallest absolute Gasteiger partial charge is 0.287 e. The van der Waals surface area contributed by atoms with Crippen molar-refractivity contribution in [2.45, 2.75) is 57.9 Å². The van der Waals surface area contributed by atoms with Crippen molar-refractivity contribution in [2.75, 3.05) is 10.6 Å². The van der Waals surface area contributed by atoms with Gasteiger partial charge in [-0.3, -0.25) is 15.4 Å². The first-order valence-corrected chi connectivity index (χ1v) is 13.5. The molecule has 2 aliphatic carbocycles. The van der Waals surface area contributed by atoms with Gasteiger partial charge in [0.2, 0.25) is 0 Å². The number of allylic oxidation sites excluding steroid dienone is 1. The zero-order valence-corrected chi connectivity index (χ0v) is 21.5. The molecule has 1 amide bonds. The summed E-state index contributed by atoms with van der Waals surface area (Å²) >= 11 is 1.48. The fraction of sp³-hybridized carbons (Fsp3) is 0.370. The minimum atomic E-state index is -0.542. The number of carbonyl (C=O) groups is 1. The van der Waals surface area contributed by atoms with Crippen LogP contribution in [-0.4, -0.2) is 22.1 Å². The number of anilines is 2. The molecule has 3 aromatic rings. The van der Waals surface area contributed by atoms with E-state index >= 15 is 0 Å². The van der Waals surface area contributed by atoms with Gasteiger partial charge in [-0.15, -0.1) is 11.3 Å². The van der Waals surface area contributed by atoms with E-state index in [-0.39, 0.29) is 23.2 Å². The molecule has 0 aliphatic heterocycles. The lowest BCUT2D eigenvalue weighted by molar-refractivity contribution is 0.103. The van der Waals surface area contributed by atoms with E-state index in [2.05, 4.69) is 26.3 Å². The Morgan fingerprint density at radius 1 is 1.24 bits per heavy atom. The minimum Gasteiger partial charge on any atom is -0.374 e. The Morgan fingerprint density at radius 3 is 2.78 bits per heavy atom. The van der Waals surface area contributed by atoms with Crippen LogP contribution >= 0.6 is 11.3 Å². The van der Waals surface area contributed by atoms with Crippen LogP contribution in [0.4, 0.5) is 15.8 Å². The SMILES string of the molecule is CCC(/C=C(\NN)C1CC1)Nc1cc(-c2ccc(F)c(NC(=O)c3cc4c(s3)CCCC4)c2)n[nH]c1=O. The number of aromatic amines is 1. The molecule has 194 valence electrons. The van der Waals surface area contributed by atoms with Crippen LogP contribution in [0.25, 0.3) is 11.3 Å². The number of rotatable bonds is 9. The number of halogens is 1. The molecule has 2 aliphatic rings. The van der Waals surface area contributed by atoms with E-state index in [9.17, 15) is 14.0 Å². The van der Waals surface area contributed by atoms with Gasteiger partial charge in [-0.1, -0.05) is 6.92 Å². The van der Waals surface area contributed by atoms with Crippen LogP contribution in [0.15, 0.2) is 46.9 Å². The zero-order valence-electron chi connectivity index (χ0n) is 20.7. The third-order valence-electron chi connectivity index (χ3n) is 6.88. The van der Waals surface area contributed by atoms with Crippen LogP contribution in [0.3, 0.4) is 0 Å². The third kappa shape index (κ3) is 5.75. The second-order valence-electron chi connectivity index (χ2n) is 9.61. The minimum absolute atomic E-state index is 0.0637. The maximum Gasteiger partial charge on any atom is 0.287 e. The first-order chi connectivity index (χ1) is 17.9. The Labute approximate surface area is 218 Å². The van der Waals surface area contributed by atoms with Crippen molar-refractivity contribution in [3.05, 3.63) is 73.6 Å². The van der Waals surface area contributed by atoms with E-state index in [0.29, 0.717) is 27.7 Å². The molecule has 6 N–H and O–H groups in total. The van der Waals surface area contributed by atoms with Crippen LogP contribution in [0.2, 0.25) is 0 Å². The van der Waals surface area contributed by atoms with Crippen molar-refractivity contribution in [1.29, 1.82) is 0 Å². The molecule has 8 nitrogen and oxygen atoms in total. The highest BCUT2D eigenvalue weighted by atomic mass is 32.1. The Morgan fingerprint density at radius 2 is 2.05 bits per heavy atom. The predicted molar refractivity (Wildman–Crippen MR) is 145 cm³/mol. The molecule has 10 heteroatoms. The highest BCUT2D eigenvalue weighted by Crippen LogP contribution is 2.35. The molecular weight excluding hydrogens is 491 g/mol. The lowest BCUT2D eigenvalue weighted by Crippen LogP contribution is -2.27. The maximum absolute atomic E-state index is 14.7. The monoisotopic (exact) mass is 522 g/mol. The molecule has 2 aromatic heterocycles. The lowest BCUT2D eigenvalue weighted by atomic mass is 9.99. The van der Waals surface area contributed by atoms with Gasteiger partial charge in [0.1, 0.15) is 11.5 Å². The molecule has 0 bridgehead atoms. The van der Waals surface area contributed by atoms with Crippen molar-refractivity contribution in [1.82, 2.24) is 15.6 Å². The van der Waals surface area contributed by atoms with Gasteiger partial charge in [0.25, 0.3) is 11.5 Å². The number of nitrogens with one attached hydrogen (secondary N) is 4. The fourth-order valence-corrected chi connectivity index (χ4v) is 5.75. The van der Waals surface area contributed by atoms with Crippen molar-refractivity contribution in [3.8, 4) is 11.3 Å². The molecule has 2 heterocycles. The highest BCUT2D eigenvalue weighted by molar-refractivity contribution is 7.14. The molecule has 0 saturated heterocycles. The van der Waals surface area contributed by atoms with Crippen LogP contribution in [-0.2, 0) is 12.8 Å². The second kappa shape index (κ2) is 10.9. The predicted octanol–water partition coefficient (Wildman–Crippen LogP) is 4.72. The number of nitrogens with two attached hydrogens (primary N) is 1. The summed E-state index contributed by atoms with van der Waals surface area (Å²) in [6.45, 7) is 2.02. The number of nitrogens with zero attached hydrogens (tertiary/aromatic N) is 1. The van der Waals surface area contributed by atoms with Gasteiger partial charge in [-0.2, -0.15) is 5.10 Å². The van der Waals surface area contributed by atoms with E-state index in [1.54, 1.807) is 12.1 Å². The molecule has 1 atom stereocenters. The van der Waals surface area contributed by atoms with Crippen molar-refractivity contribution in [3.63, 3.8) is 0 Å². The Hall–Kier alpha value is -3.50. The number of aromatic nitrogens is 2. The number of hydrogen-bond donors (Lipinski definition) is 5. The van der Waals surface area contributed by atoms with E-state index in [4.69, 9.17) is 5.84 Å². The number of hydrogen-bond acceptors (Lipinski definition) is 7. The number of hydrazine groups is 1. The van der Waals surface area contributed by atoms with Crippen LogP contribution in [0, 0.1) is 11.7 Å². The van der Waals surface area contributed by atoms with Crippen molar-refractivity contribution >= 4 is 28.6 Å². The topological polar surface area (TPSA) is 125 Å². The van der Waals surface area contributed by atoms with Gasteiger partial charge in [-0.25, -0.2) is 9.49 Å². The molecular formula is C27H31FN6O2S. The summed E-state index contributed by atoms with van der Waals surface area (Å²) in [4.78, 5) is 27.2. The molecule has 0 radical (unpaired) electrons. The molecule has 0 spiro atoms. The number of aryl methyl sites for hydroxylation is 2. The summed E-state index contributed by atoms with van der Waals surface area (Å²) in [6, 6.07) is 7.84. The number of amides is 1. The third-order valence-corrected chi connectivity index (χ3v) is 8.12. The molecule has 1 aromatic carbocycles. The number of carbonyl (C=O) groups excluding carboxylic acids is 1. The Balaban J connectivity index is 1.36. The van der Waals surface area contributed by atoms with Crippen LogP contribution < -0.4 is 27.5 Å². The average Bonchev–Trinajstić information content (AvgIpc) is 3.66. The molecule has 1 unspecified atom stereocenters. The van der Waals surface area contributed by atoms with Gasteiger partial charge in [0, 0.05) is 22.2 Å². The van der Waals surface area contributed by atoms with Crippen molar-refractivity contribution in [2.24, 2.45) is 11.8 Å². The molecule has 1 fully saturated rings. The van der Waals surface area contributed by atoms with Crippen molar-refractivity contribution < 1.29 is 9.18 Å². The number of H-pyrrole nitrogens is 1. The molecule has 1 saturated carbocycles. The summed E-state index contributed by atoms with van der Waals surface area (Å²) in [6.07, 6.45) is 9.20. The standard InChI is InChI=1S/C27H31FN6O2S/c1-2-18(13-20(32-29)15-7-8-15)30-23-14-21(33-34-26(23)35)16-9-10-19(28)22(11-16)31-27(36)25-12-17-5-3-4-6-24(17)37-25/h9-15,18,32H,2-8,29H2,1H3,(H,30,33)(H,31,36)(H,34,35)/b20-13-. The lowest BCUT2D eigenvalue weighted by Gasteiger charge is -2.17.